The summed E-state index contributed by atoms with van der Waals surface area (Å²) in [5.41, 5.74) is 6.98. The molecule has 0 aliphatic carbocycles. The van der Waals surface area contributed by atoms with Gasteiger partial charge in [-0.15, -0.1) is 0 Å². The molecule has 1 aliphatic heterocycles. The fourth-order valence-corrected chi connectivity index (χ4v) is 1.59. The van der Waals surface area contributed by atoms with Crippen molar-refractivity contribution in [2.45, 2.75) is 32.2 Å². The van der Waals surface area contributed by atoms with E-state index in [-0.39, 0.29) is 0 Å². The molecule has 2 rings (SSSR count). The molecule has 2 nitrogen and oxygen atoms in total. The second-order valence-electron chi connectivity index (χ2n) is 3.95. The third-order valence-corrected chi connectivity index (χ3v) is 2.59. The minimum absolute atomic E-state index is 0.425. The predicted molar refractivity (Wildman–Crippen MR) is 65.9 cm³/mol. The lowest BCUT2D eigenvalue weighted by Crippen LogP contribution is -2.39. The van der Waals surface area contributed by atoms with Gasteiger partial charge in [0.25, 0.3) is 0 Å². The first-order valence-corrected chi connectivity index (χ1v) is 5.83. The van der Waals surface area contributed by atoms with Crippen molar-refractivity contribution in [3.63, 3.8) is 0 Å². The van der Waals surface area contributed by atoms with E-state index in [1.165, 1.54) is 18.4 Å². The maximum atomic E-state index is 5.57. The molecule has 0 aromatic heterocycles. The first-order chi connectivity index (χ1) is 7.33. The summed E-state index contributed by atoms with van der Waals surface area (Å²) in [6.45, 7) is 4.34. The Morgan fingerprint density at radius 1 is 1.33 bits per heavy atom. The van der Waals surface area contributed by atoms with Crippen LogP contribution < -0.4 is 11.1 Å². The molecule has 0 amide bonds. The Hall–Kier alpha value is -0.860. The lowest BCUT2D eigenvalue weighted by molar-refractivity contribution is 0.459. The highest BCUT2D eigenvalue weighted by atomic mass is 14.9. The van der Waals surface area contributed by atoms with E-state index in [0.717, 1.165) is 19.5 Å². The van der Waals surface area contributed by atoms with Gasteiger partial charge in [0.2, 0.25) is 0 Å². The van der Waals surface area contributed by atoms with Gasteiger partial charge in [-0.2, -0.15) is 0 Å². The molecular weight excluding hydrogens is 184 g/mol. The van der Waals surface area contributed by atoms with E-state index in [2.05, 4.69) is 36.5 Å². The molecule has 3 N–H and O–H groups in total. The van der Waals surface area contributed by atoms with Gasteiger partial charge in [0.05, 0.1) is 0 Å². The van der Waals surface area contributed by atoms with Crippen molar-refractivity contribution in [1.82, 2.24) is 5.32 Å². The molecule has 0 spiro atoms. The van der Waals surface area contributed by atoms with Gasteiger partial charge < -0.3 is 11.1 Å². The normalized spacial score (nSPS) is 20.3. The number of benzene rings is 1. The Labute approximate surface area is 92.9 Å². The summed E-state index contributed by atoms with van der Waals surface area (Å²) in [5.74, 6) is 0. The standard InChI is InChI=1S/C8H10.C5H12N2/c1-2-8-6-4-3-5-7-8;6-5-2-1-3-7-4-5/h3-7H,2H2,1H3;5,7H,1-4,6H2. The minimum Gasteiger partial charge on any atom is -0.327 e. The Balaban J connectivity index is 0.000000151. The Bertz CT molecular complexity index is 240. The van der Waals surface area contributed by atoms with Gasteiger partial charge in [0.1, 0.15) is 0 Å². The van der Waals surface area contributed by atoms with E-state index < -0.39 is 0 Å². The molecule has 84 valence electrons. The second kappa shape index (κ2) is 7.43. The first-order valence-electron chi connectivity index (χ1n) is 5.83. The van der Waals surface area contributed by atoms with Crippen molar-refractivity contribution in [2.24, 2.45) is 5.73 Å². The van der Waals surface area contributed by atoms with Gasteiger partial charge in [-0.25, -0.2) is 0 Å². The van der Waals surface area contributed by atoms with E-state index in [0.29, 0.717) is 6.04 Å². The van der Waals surface area contributed by atoms with Gasteiger partial charge in [-0.1, -0.05) is 37.3 Å². The van der Waals surface area contributed by atoms with Gasteiger partial charge in [-0.05, 0) is 31.4 Å². The molecule has 15 heavy (non-hydrogen) atoms. The van der Waals surface area contributed by atoms with Crippen molar-refractivity contribution in [2.75, 3.05) is 13.1 Å². The lowest BCUT2D eigenvalue weighted by Gasteiger charge is -2.17. The first kappa shape index (κ1) is 12.2. The summed E-state index contributed by atoms with van der Waals surface area (Å²) in [6, 6.07) is 10.9. The third-order valence-electron chi connectivity index (χ3n) is 2.59. The van der Waals surface area contributed by atoms with Crippen LogP contribution in [0.15, 0.2) is 30.3 Å². The number of hydrogen-bond acceptors (Lipinski definition) is 2. The van der Waals surface area contributed by atoms with Crippen molar-refractivity contribution in [3.05, 3.63) is 35.9 Å². The molecule has 2 heteroatoms. The largest absolute Gasteiger partial charge is 0.327 e. The zero-order chi connectivity index (χ0) is 10.9. The molecule has 0 radical (unpaired) electrons. The van der Waals surface area contributed by atoms with E-state index in [9.17, 15) is 0 Å². The number of hydrogen-bond donors (Lipinski definition) is 2. The lowest BCUT2D eigenvalue weighted by atomic mass is 10.1. The topological polar surface area (TPSA) is 38.0 Å². The summed E-state index contributed by atoms with van der Waals surface area (Å²) < 4.78 is 0. The summed E-state index contributed by atoms with van der Waals surface area (Å²) >= 11 is 0. The van der Waals surface area contributed by atoms with Crippen molar-refractivity contribution in [3.8, 4) is 0 Å². The maximum absolute atomic E-state index is 5.57. The SMILES string of the molecule is CCc1ccccc1.NC1CCCNC1. The quantitative estimate of drug-likeness (QED) is 0.737. The maximum Gasteiger partial charge on any atom is 0.0165 e. The number of nitrogens with one attached hydrogen (secondary N) is 1. The third kappa shape index (κ3) is 5.55. The van der Waals surface area contributed by atoms with Crippen LogP contribution in [0.5, 0.6) is 0 Å². The molecule has 0 bridgehead atoms. The Kier molecular flexibility index (Phi) is 6.05. The molecule has 1 aliphatic rings. The van der Waals surface area contributed by atoms with Gasteiger partial charge in [-0.3, -0.25) is 0 Å². The highest BCUT2D eigenvalue weighted by Gasteiger charge is 2.05. The molecule has 1 atom stereocenters. The molecule has 1 fully saturated rings. The average molecular weight is 206 g/mol. The summed E-state index contributed by atoms with van der Waals surface area (Å²) in [6.07, 6.45) is 3.59. The number of nitrogens with two attached hydrogens (primary N) is 1. The predicted octanol–water partition coefficient (Wildman–Crippen LogP) is 1.95. The number of piperidine rings is 1. The van der Waals surface area contributed by atoms with Crippen LogP contribution in [0.2, 0.25) is 0 Å². The zero-order valence-electron chi connectivity index (χ0n) is 9.58. The zero-order valence-corrected chi connectivity index (χ0v) is 9.58. The van der Waals surface area contributed by atoms with E-state index in [1.54, 1.807) is 0 Å². The molecule has 1 aromatic rings. The van der Waals surface area contributed by atoms with Crippen LogP contribution in [0.4, 0.5) is 0 Å². The van der Waals surface area contributed by atoms with Crippen LogP contribution in [-0.4, -0.2) is 19.1 Å². The minimum atomic E-state index is 0.425. The second-order valence-corrected chi connectivity index (χ2v) is 3.95. The van der Waals surface area contributed by atoms with Crippen LogP contribution in [0.1, 0.15) is 25.3 Å². The van der Waals surface area contributed by atoms with Gasteiger partial charge in [0, 0.05) is 12.6 Å². The van der Waals surface area contributed by atoms with Gasteiger partial charge in [0.15, 0.2) is 0 Å². The Morgan fingerprint density at radius 3 is 2.40 bits per heavy atom. The van der Waals surface area contributed by atoms with E-state index >= 15 is 0 Å². The van der Waals surface area contributed by atoms with Crippen molar-refractivity contribution < 1.29 is 0 Å². The number of aryl methyl sites for hydroxylation is 1. The molecule has 1 aromatic carbocycles. The van der Waals surface area contributed by atoms with Gasteiger partial charge >= 0.3 is 0 Å². The summed E-state index contributed by atoms with van der Waals surface area (Å²) in [5, 5.41) is 3.21. The van der Waals surface area contributed by atoms with Crippen LogP contribution in [-0.2, 0) is 6.42 Å². The molecule has 1 saturated heterocycles. The van der Waals surface area contributed by atoms with E-state index in [4.69, 9.17) is 5.73 Å². The monoisotopic (exact) mass is 206 g/mol. The summed E-state index contributed by atoms with van der Waals surface area (Å²) in [7, 11) is 0. The highest BCUT2D eigenvalue weighted by Crippen LogP contribution is 1.97. The van der Waals surface area contributed by atoms with Crippen molar-refractivity contribution >= 4 is 0 Å². The molecule has 1 heterocycles. The molecule has 1 unspecified atom stereocenters. The smallest absolute Gasteiger partial charge is 0.0165 e. The summed E-state index contributed by atoms with van der Waals surface area (Å²) in [4.78, 5) is 0. The Morgan fingerprint density at radius 2 is 2.07 bits per heavy atom. The van der Waals surface area contributed by atoms with E-state index in [1.807, 2.05) is 6.07 Å². The average Bonchev–Trinajstić information content (AvgIpc) is 2.32. The fraction of sp³-hybridized carbons (Fsp3) is 0.538. The fourth-order valence-electron chi connectivity index (χ4n) is 1.59. The molecule has 0 saturated carbocycles. The van der Waals surface area contributed by atoms with Crippen molar-refractivity contribution in [1.29, 1.82) is 0 Å². The van der Waals surface area contributed by atoms with Crippen LogP contribution in [0, 0.1) is 0 Å². The van der Waals surface area contributed by atoms with Crippen LogP contribution in [0.3, 0.4) is 0 Å². The highest BCUT2D eigenvalue weighted by molar-refractivity contribution is 5.13. The molecular formula is C13H22N2. The number of rotatable bonds is 1. The van der Waals surface area contributed by atoms with Crippen LogP contribution in [0.25, 0.3) is 0 Å². The van der Waals surface area contributed by atoms with Crippen LogP contribution >= 0.6 is 0 Å².